The van der Waals surface area contributed by atoms with Crippen LogP contribution in [0, 0.1) is 5.92 Å². The lowest BCUT2D eigenvalue weighted by Crippen LogP contribution is -2.37. The number of esters is 1. The van der Waals surface area contributed by atoms with Gasteiger partial charge in [-0.1, -0.05) is 26.5 Å². The van der Waals surface area contributed by atoms with Gasteiger partial charge in [-0.25, -0.2) is 4.79 Å². The van der Waals surface area contributed by atoms with Gasteiger partial charge in [-0.05, 0) is 31.6 Å². The number of carbonyl (C=O) groups excluding carboxylic acids is 2. The van der Waals surface area contributed by atoms with Crippen LogP contribution in [0.4, 0.5) is 0 Å². The SMILES string of the molecule is C=CCOCC(COCCC(C)C)OCC(COC(=O)C=C)OCC(COCCSCCC(=O)CCCCC(O)(P(C)(=O)O)P(=O)(O)O)OCC(O)CO. The molecule has 318 valence electrons. The predicted octanol–water partition coefficient (Wildman–Crippen LogP) is 2.48. The second-order valence-corrected chi connectivity index (χ2v) is 18.9. The van der Waals surface area contributed by atoms with E-state index in [-0.39, 0.29) is 84.3 Å². The van der Waals surface area contributed by atoms with Gasteiger partial charge in [0.05, 0.1) is 59.5 Å². The summed E-state index contributed by atoms with van der Waals surface area (Å²) < 4.78 is 63.5. The lowest BCUT2D eigenvalue weighted by molar-refractivity contribution is -0.153. The molecule has 6 unspecified atom stereocenters. The lowest BCUT2D eigenvalue weighted by Gasteiger charge is -2.30. The standard InChI is InChI=1S/C34H64O17P2S/c1-6-14-45-21-30(22-46-15-11-27(3)4)49-25-32(26-51-33(38)7-2)50-24-31(48-20-29(37)19-35)23-47-16-18-54-17-12-28(36)10-8-9-13-34(39,52(5,40)41)53(42,43)44/h6-7,27,29-32,35,37,39H,1-2,8-26H2,3-5H3,(H,40,41)(H2,42,43,44). The summed E-state index contributed by atoms with van der Waals surface area (Å²) in [6.45, 7) is 12.8. The van der Waals surface area contributed by atoms with Crippen LogP contribution < -0.4 is 0 Å². The maximum atomic E-state index is 12.3. The summed E-state index contributed by atoms with van der Waals surface area (Å²) in [7, 11) is -9.81. The molecule has 0 amide bonds. The number of ketones is 1. The molecule has 54 heavy (non-hydrogen) atoms. The van der Waals surface area contributed by atoms with E-state index in [9.17, 15) is 48.7 Å². The van der Waals surface area contributed by atoms with Crippen molar-refractivity contribution in [1.29, 1.82) is 0 Å². The van der Waals surface area contributed by atoms with Gasteiger partial charge < -0.3 is 63.2 Å². The molecule has 0 rings (SSSR count). The van der Waals surface area contributed by atoms with E-state index >= 15 is 0 Å². The third-order valence-corrected chi connectivity index (χ3v) is 13.1. The molecule has 0 spiro atoms. The molecule has 20 heteroatoms. The van der Waals surface area contributed by atoms with Crippen molar-refractivity contribution >= 4 is 38.5 Å². The zero-order valence-electron chi connectivity index (χ0n) is 31.9. The average molecular weight is 839 g/mol. The Balaban J connectivity index is 4.94. The zero-order chi connectivity index (χ0) is 41.0. The van der Waals surface area contributed by atoms with E-state index in [1.807, 2.05) is 0 Å². The summed E-state index contributed by atoms with van der Waals surface area (Å²) in [5.41, 5.74) is 0. The molecule has 0 radical (unpaired) electrons. The Morgan fingerprint density at radius 2 is 1.39 bits per heavy atom. The van der Waals surface area contributed by atoms with Gasteiger partial charge in [0.2, 0.25) is 12.5 Å². The van der Waals surface area contributed by atoms with Gasteiger partial charge >= 0.3 is 13.6 Å². The van der Waals surface area contributed by atoms with Crippen molar-refractivity contribution in [1.82, 2.24) is 0 Å². The summed E-state index contributed by atoms with van der Waals surface area (Å²) in [5, 5.41) is 26.2. The lowest BCUT2D eigenvalue weighted by atomic mass is 10.1. The Kier molecular flexibility index (Phi) is 29.5. The zero-order valence-corrected chi connectivity index (χ0v) is 34.5. The van der Waals surface area contributed by atoms with Crippen LogP contribution in [0.25, 0.3) is 0 Å². The van der Waals surface area contributed by atoms with E-state index in [4.69, 9.17) is 33.2 Å². The molecule has 6 N–H and O–H groups in total. The first kappa shape index (κ1) is 53.0. The topological polar surface area (TPSA) is 254 Å². The summed E-state index contributed by atoms with van der Waals surface area (Å²) >= 11 is 1.46. The third kappa shape index (κ3) is 25.3. The van der Waals surface area contributed by atoms with Crippen LogP contribution in [0.1, 0.15) is 52.4 Å². The molecule has 0 saturated heterocycles. The molecule has 0 aliphatic carbocycles. The highest BCUT2D eigenvalue weighted by molar-refractivity contribution is 7.99. The van der Waals surface area contributed by atoms with Gasteiger partial charge in [0.15, 0.2) is 0 Å². The van der Waals surface area contributed by atoms with Gasteiger partial charge in [0.1, 0.15) is 36.8 Å². The van der Waals surface area contributed by atoms with Crippen molar-refractivity contribution in [3.05, 3.63) is 25.3 Å². The fourth-order valence-corrected chi connectivity index (χ4v) is 8.06. The molecule has 0 heterocycles. The van der Waals surface area contributed by atoms with E-state index in [2.05, 4.69) is 27.0 Å². The van der Waals surface area contributed by atoms with Gasteiger partial charge in [0.25, 0.3) is 0 Å². The number of aliphatic hydroxyl groups is 3. The molecule has 0 saturated carbocycles. The molecular formula is C34H64O17P2S. The summed E-state index contributed by atoms with van der Waals surface area (Å²) in [5.74, 6) is 0.741. The first-order valence-electron chi connectivity index (χ1n) is 17.8. The van der Waals surface area contributed by atoms with Crippen LogP contribution in [0.15, 0.2) is 25.3 Å². The van der Waals surface area contributed by atoms with E-state index < -0.39 is 63.5 Å². The van der Waals surface area contributed by atoms with E-state index in [0.717, 1.165) is 12.5 Å². The van der Waals surface area contributed by atoms with Gasteiger partial charge in [-0.15, -0.1) is 6.58 Å². The highest BCUT2D eigenvalue weighted by atomic mass is 32.2. The molecule has 0 aliphatic rings. The maximum Gasteiger partial charge on any atom is 0.366 e. The van der Waals surface area contributed by atoms with Crippen LogP contribution in [0.2, 0.25) is 0 Å². The Morgan fingerprint density at radius 3 is 1.94 bits per heavy atom. The number of aliphatic hydroxyl groups excluding tert-OH is 2. The van der Waals surface area contributed by atoms with Crippen molar-refractivity contribution in [2.75, 3.05) is 90.8 Å². The number of rotatable bonds is 37. The highest BCUT2D eigenvalue weighted by Crippen LogP contribution is 2.69. The van der Waals surface area contributed by atoms with Crippen LogP contribution in [0.5, 0.6) is 0 Å². The van der Waals surface area contributed by atoms with Crippen LogP contribution in [-0.2, 0) is 51.9 Å². The van der Waals surface area contributed by atoms with E-state index in [1.165, 1.54) is 11.8 Å². The second-order valence-electron chi connectivity index (χ2n) is 13.0. The fourth-order valence-electron chi connectivity index (χ4n) is 4.30. The molecule has 0 aromatic heterocycles. The number of carbonyl (C=O) groups is 2. The summed E-state index contributed by atoms with van der Waals surface area (Å²) in [4.78, 5) is 52.4. The van der Waals surface area contributed by atoms with E-state index in [1.54, 1.807) is 6.08 Å². The third-order valence-electron chi connectivity index (χ3n) is 7.58. The Bertz CT molecular complexity index is 1110. The van der Waals surface area contributed by atoms with Crippen molar-refractivity contribution in [3.8, 4) is 0 Å². The fraction of sp³-hybridized carbons (Fsp3) is 0.824. The quantitative estimate of drug-likeness (QED) is 0.0173. The Hall–Kier alpha value is -1.05. The molecule has 0 bridgehead atoms. The number of hydrogen-bond donors (Lipinski definition) is 6. The minimum Gasteiger partial charge on any atom is -0.460 e. The summed E-state index contributed by atoms with van der Waals surface area (Å²) in [6.07, 6.45) is 0.414. The first-order chi connectivity index (χ1) is 25.4. The second kappa shape index (κ2) is 30.1. The van der Waals surface area contributed by atoms with Crippen molar-refractivity contribution in [3.63, 3.8) is 0 Å². The number of ether oxygens (including phenoxy) is 7. The van der Waals surface area contributed by atoms with Crippen molar-refractivity contribution < 1.29 is 81.9 Å². The molecule has 0 fully saturated rings. The number of Topliss-reactive ketones (excluding diaryl/α,β-unsaturated/α-hetero) is 1. The monoisotopic (exact) mass is 838 g/mol. The normalized spacial score (nSPS) is 16.6. The minimum absolute atomic E-state index is 0.0153. The largest absolute Gasteiger partial charge is 0.460 e. The smallest absolute Gasteiger partial charge is 0.366 e. The van der Waals surface area contributed by atoms with E-state index in [0.29, 0.717) is 37.3 Å². The predicted molar refractivity (Wildman–Crippen MR) is 204 cm³/mol. The Labute approximate surface area is 323 Å². The van der Waals surface area contributed by atoms with Crippen LogP contribution in [-0.4, -0.2) is 162 Å². The molecule has 6 atom stereocenters. The molecular weight excluding hydrogens is 774 g/mol. The molecule has 17 nitrogen and oxygen atoms in total. The van der Waals surface area contributed by atoms with Gasteiger partial charge in [-0.2, -0.15) is 11.8 Å². The molecule has 0 aliphatic heterocycles. The number of unbranched alkanes of at least 4 members (excludes halogenated alkanes) is 1. The first-order valence-corrected chi connectivity index (χ1v) is 22.7. The molecule has 0 aromatic carbocycles. The highest BCUT2D eigenvalue weighted by Gasteiger charge is 2.56. The average Bonchev–Trinajstić information content (AvgIpc) is 3.10. The number of hydrogen-bond acceptors (Lipinski definition) is 15. The van der Waals surface area contributed by atoms with Gasteiger partial charge in [0, 0.05) is 43.7 Å². The van der Waals surface area contributed by atoms with Gasteiger partial charge in [-0.3, -0.25) is 13.9 Å². The summed E-state index contributed by atoms with van der Waals surface area (Å²) in [6, 6.07) is 0. The molecule has 0 aromatic rings. The maximum absolute atomic E-state index is 12.3. The Morgan fingerprint density at radius 1 is 0.815 bits per heavy atom. The minimum atomic E-state index is -5.28. The van der Waals surface area contributed by atoms with Crippen molar-refractivity contribution in [2.24, 2.45) is 5.92 Å². The van der Waals surface area contributed by atoms with Crippen LogP contribution in [0.3, 0.4) is 0 Å². The number of thioether (sulfide) groups is 1. The van der Waals surface area contributed by atoms with Crippen LogP contribution >= 0.6 is 26.7 Å². The van der Waals surface area contributed by atoms with Crippen molar-refractivity contribution in [2.45, 2.75) is 81.9 Å².